The van der Waals surface area contributed by atoms with Gasteiger partial charge in [-0.25, -0.2) is 0 Å². The molecule has 0 radical (unpaired) electrons. The van der Waals surface area contributed by atoms with E-state index in [1.165, 1.54) is 32.1 Å². The first-order valence-corrected chi connectivity index (χ1v) is 5.75. The van der Waals surface area contributed by atoms with Crippen molar-refractivity contribution in [3.8, 4) is 0 Å². The van der Waals surface area contributed by atoms with E-state index in [1.807, 2.05) is 0 Å². The maximum atomic E-state index is 10.8. The summed E-state index contributed by atoms with van der Waals surface area (Å²) in [4.78, 5) is 15.6. The first-order chi connectivity index (χ1) is 6.83. The minimum absolute atomic E-state index is 0. The SMILES string of the molecule is CCC(=O)ONCCC1CCCCC1.Cl. The van der Waals surface area contributed by atoms with Crippen molar-refractivity contribution in [1.29, 1.82) is 0 Å². The molecule has 1 aliphatic carbocycles. The van der Waals surface area contributed by atoms with Crippen LogP contribution in [0.4, 0.5) is 0 Å². The van der Waals surface area contributed by atoms with Gasteiger partial charge >= 0.3 is 5.97 Å². The van der Waals surface area contributed by atoms with Gasteiger partial charge in [-0.2, -0.15) is 5.48 Å². The third-order valence-electron chi connectivity index (χ3n) is 2.85. The van der Waals surface area contributed by atoms with Crippen molar-refractivity contribution in [2.75, 3.05) is 6.54 Å². The fourth-order valence-corrected chi connectivity index (χ4v) is 1.94. The van der Waals surface area contributed by atoms with Crippen LogP contribution in [-0.4, -0.2) is 12.5 Å². The molecule has 3 nitrogen and oxygen atoms in total. The third kappa shape index (κ3) is 6.74. The summed E-state index contributed by atoms with van der Waals surface area (Å²) in [7, 11) is 0. The highest BCUT2D eigenvalue weighted by molar-refractivity contribution is 5.85. The van der Waals surface area contributed by atoms with Crippen molar-refractivity contribution in [3.63, 3.8) is 0 Å². The summed E-state index contributed by atoms with van der Waals surface area (Å²) in [6, 6.07) is 0. The van der Waals surface area contributed by atoms with Gasteiger partial charge in [0.1, 0.15) is 0 Å². The molecule has 90 valence electrons. The molecule has 0 aromatic rings. The van der Waals surface area contributed by atoms with Gasteiger partial charge < -0.3 is 4.84 Å². The van der Waals surface area contributed by atoms with E-state index in [-0.39, 0.29) is 18.4 Å². The second-order valence-corrected chi connectivity index (χ2v) is 4.01. The monoisotopic (exact) mass is 235 g/mol. The average molecular weight is 236 g/mol. The highest BCUT2D eigenvalue weighted by Crippen LogP contribution is 2.25. The molecule has 1 N–H and O–H groups in total. The summed E-state index contributed by atoms with van der Waals surface area (Å²) in [5, 5.41) is 0. The van der Waals surface area contributed by atoms with E-state index < -0.39 is 0 Å². The Morgan fingerprint density at radius 2 is 2.00 bits per heavy atom. The van der Waals surface area contributed by atoms with E-state index in [0.29, 0.717) is 6.42 Å². The lowest BCUT2D eigenvalue weighted by Gasteiger charge is -2.21. The minimum atomic E-state index is -0.173. The van der Waals surface area contributed by atoms with Crippen molar-refractivity contribution in [2.45, 2.75) is 51.9 Å². The topological polar surface area (TPSA) is 38.3 Å². The van der Waals surface area contributed by atoms with Crippen molar-refractivity contribution < 1.29 is 9.63 Å². The Morgan fingerprint density at radius 3 is 2.60 bits per heavy atom. The summed E-state index contributed by atoms with van der Waals surface area (Å²) in [5.74, 6) is 0.672. The number of carbonyl (C=O) groups excluding carboxylic acids is 1. The largest absolute Gasteiger partial charge is 0.371 e. The Labute approximate surface area is 98.3 Å². The van der Waals surface area contributed by atoms with E-state index in [9.17, 15) is 4.79 Å². The zero-order chi connectivity index (χ0) is 10.2. The van der Waals surface area contributed by atoms with Gasteiger partial charge in [-0.15, -0.1) is 12.4 Å². The van der Waals surface area contributed by atoms with Gasteiger partial charge in [0.15, 0.2) is 0 Å². The molecule has 0 heterocycles. The van der Waals surface area contributed by atoms with Crippen molar-refractivity contribution in [3.05, 3.63) is 0 Å². The number of hydroxylamine groups is 1. The first kappa shape index (κ1) is 14.7. The van der Waals surface area contributed by atoms with Crippen LogP contribution in [0.1, 0.15) is 51.9 Å². The molecule has 1 aliphatic rings. The molecule has 0 atom stereocenters. The molecule has 0 unspecified atom stereocenters. The molecule has 0 aliphatic heterocycles. The fourth-order valence-electron chi connectivity index (χ4n) is 1.94. The molecular weight excluding hydrogens is 214 g/mol. The Balaban J connectivity index is 0.00000196. The van der Waals surface area contributed by atoms with E-state index >= 15 is 0 Å². The summed E-state index contributed by atoms with van der Waals surface area (Å²) < 4.78 is 0. The maximum absolute atomic E-state index is 10.8. The quantitative estimate of drug-likeness (QED) is 0.588. The van der Waals surface area contributed by atoms with Crippen LogP contribution < -0.4 is 5.48 Å². The zero-order valence-electron chi connectivity index (χ0n) is 9.46. The van der Waals surface area contributed by atoms with Crippen molar-refractivity contribution >= 4 is 18.4 Å². The molecule has 1 rings (SSSR count). The van der Waals surface area contributed by atoms with Crippen LogP contribution >= 0.6 is 12.4 Å². The molecule has 0 saturated heterocycles. The number of nitrogens with one attached hydrogen (secondary N) is 1. The number of carbonyl (C=O) groups is 1. The number of rotatable bonds is 5. The summed E-state index contributed by atoms with van der Waals surface area (Å²) >= 11 is 0. The lowest BCUT2D eigenvalue weighted by atomic mass is 9.87. The lowest BCUT2D eigenvalue weighted by molar-refractivity contribution is -0.150. The molecule has 1 saturated carbocycles. The summed E-state index contributed by atoms with van der Waals surface area (Å²) in [6.07, 6.45) is 8.42. The maximum Gasteiger partial charge on any atom is 0.324 e. The number of halogens is 1. The van der Waals surface area contributed by atoms with Gasteiger partial charge in [0.2, 0.25) is 0 Å². The summed E-state index contributed by atoms with van der Waals surface area (Å²) in [5.41, 5.74) is 2.73. The van der Waals surface area contributed by atoms with Crippen LogP contribution in [0.2, 0.25) is 0 Å². The predicted octanol–water partition coefficient (Wildman–Crippen LogP) is 2.84. The van der Waals surface area contributed by atoms with Gasteiger partial charge in [-0.3, -0.25) is 4.79 Å². The fraction of sp³-hybridized carbons (Fsp3) is 0.909. The van der Waals surface area contributed by atoms with Gasteiger partial charge in [0.05, 0.1) is 0 Å². The standard InChI is InChI=1S/C11H21NO2.ClH/c1-2-11(13)14-12-9-8-10-6-4-3-5-7-10;/h10,12H,2-9H2,1H3;1H. The van der Waals surface area contributed by atoms with E-state index in [4.69, 9.17) is 4.84 Å². The smallest absolute Gasteiger partial charge is 0.324 e. The Kier molecular flexibility index (Phi) is 8.82. The van der Waals surface area contributed by atoms with Gasteiger partial charge in [0.25, 0.3) is 0 Å². The van der Waals surface area contributed by atoms with Crippen LogP contribution in [0.15, 0.2) is 0 Å². The van der Waals surface area contributed by atoms with E-state index in [2.05, 4.69) is 5.48 Å². The van der Waals surface area contributed by atoms with Crippen LogP contribution in [0, 0.1) is 5.92 Å². The number of hydrogen-bond acceptors (Lipinski definition) is 3. The Hall–Kier alpha value is -0.280. The molecule has 0 amide bonds. The highest BCUT2D eigenvalue weighted by Gasteiger charge is 2.12. The molecule has 1 fully saturated rings. The zero-order valence-corrected chi connectivity index (χ0v) is 10.3. The molecular formula is C11H22ClNO2. The van der Waals surface area contributed by atoms with Gasteiger partial charge in [0, 0.05) is 13.0 Å². The third-order valence-corrected chi connectivity index (χ3v) is 2.85. The Morgan fingerprint density at radius 1 is 1.33 bits per heavy atom. The highest BCUT2D eigenvalue weighted by atomic mass is 35.5. The first-order valence-electron chi connectivity index (χ1n) is 5.75. The van der Waals surface area contributed by atoms with Crippen LogP contribution in [0.25, 0.3) is 0 Å². The second-order valence-electron chi connectivity index (χ2n) is 4.01. The summed E-state index contributed by atoms with van der Waals surface area (Å²) in [6.45, 7) is 2.60. The van der Waals surface area contributed by atoms with Crippen molar-refractivity contribution in [1.82, 2.24) is 5.48 Å². The normalized spacial score (nSPS) is 16.9. The molecule has 4 heteroatoms. The number of hydrogen-bond donors (Lipinski definition) is 1. The Bertz CT molecular complexity index is 170. The van der Waals surface area contributed by atoms with Gasteiger partial charge in [-0.1, -0.05) is 39.0 Å². The van der Waals surface area contributed by atoms with Crippen LogP contribution in [-0.2, 0) is 9.63 Å². The minimum Gasteiger partial charge on any atom is -0.371 e. The molecule has 0 bridgehead atoms. The second kappa shape index (κ2) is 8.98. The van der Waals surface area contributed by atoms with Crippen LogP contribution in [0.5, 0.6) is 0 Å². The van der Waals surface area contributed by atoms with E-state index in [0.717, 1.165) is 18.9 Å². The molecule has 15 heavy (non-hydrogen) atoms. The molecule has 0 aromatic carbocycles. The predicted molar refractivity (Wildman–Crippen MR) is 62.8 cm³/mol. The average Bonchev–Trinajstić information content (AvgIpc) is 2.25. The van der Waals surface area contributed by atoms with Gasteiger partial charge in [-0.05, 0) is 12.3 Å². The lowest BCUT2D eigenvalue weighted by Crippen LogP contribution is -2.22. The van der Waals surface area contributed by atoms with Crippen molar-refractivity contribution in [2.24, 2.45) is 5.92 Å². The molecule has 0 spiro atoms. The van der Waals surface area contributed by atoms with Crippen LogP contribution in [0.3, 0.4) is 0 Å². The van der Waals surface area contributed by atoms with E-state index in [1.54, 1.807) is 6.92 Å². The molecule has 0 aromatic heterocycles.